The quantitative estimate of drug-likeness (QED) is 0.473. The Morgan fingerprint density at radius 1 is 1.50 bits per heavy atom. The van der Waals surface area contributed by atoms with Gasteiger partial charge in [0.2, 0.25) is 0 Å². The fraction of sp³-hybridized carbons (Fsp3) is 0.385. The normalized spacial score (nSPS) is 9.56. The molecule has 0 saturated carbocycles. The van der Waals surface area contributed by atoms with Crippen molar-refractivity contribution in [3.05, 3.63) is 23.8 Å². The molecule has 0 spiro atoms. The second kappa shape index (κ2) is 7.17. The highest BCUT2D eigenvalue weighted by Crippen LogP contribution is 2.22. The molecule has 0 saturated heterocycles. The van der Waals surface area contributed by atoms with Crippen molar-refractivity contribution in [2.24, 2.45) is 0 Å². The lowest BCUT2D eigenvalue weighted by molar-refractivity contribution is 0.0502. The monoisotopic (exact) mass is 248 g/mol. The summed E-state index contributed by atoms with van der Waals surface area (Å²) >= 11 is 0. The van der Waals surface area contributed by atoms with E-state index in [1.165, 1.54) is 6.07 Å². The number of nitrogens with zero attached hydrogens (tertiary/aromatic N) is 1. The summed E-state index contributed by atoms with van der Waals surface area (Å²) in [6.07, 6.45) is 0.910. The number of rotatable bonds is 6. The summed E-state index contributed by atoms with van der Waals surface area (Å²) < 4.78 is 10.3. The zero-order chi connectivity index (χ0) is 13.4. The van der Waals surface area contributed by atoms with Crippen molar-refractivity contribution in [1.82, 2.24) is 0 Å². The third-order valence-electron chi connectivity index (χ3n) is 2.21. The Balaban J connectivity index is 2.58. The lowest BCUT2D eigenvalue weighted by atomic mass is 10.2. The molecule has 0 bridgehead atoms. The molecule has 0 heterocycles. The highest BCUT2D eigenvalue weighted by atomic mass is 16.5. The van der Waals surface area contributed by atoms with Gasteiger partial charge in [-0.05, 0) is 31.5 Å². The van der Waals surface area contributed by atoms with Gasteiger partial charge < -0.3 is 15.2 Å². The van der Waals surface area contributed by atoms with Crippen LogP contribution in [0.3, 0.4) is 0 Å². The van der Waals surface area contributed by atoms with Gasteiger partial charge in [0.25, 0.3) is 0 Å². The molecular weight excluding hydrogens is 232 g/mol. The average molecular weight is 248 g/mol. The predicted octanol–water partition coefficient (Wildman–Crippen LogP) is 2.13. The third-order valence-corrected chi connectivity index (χ3v) is 2.21. The maximum atomic E-state index is 11.6. The van der Waals surface area contributed by atoms with Crippen LogP contribution in [0.1, 0.15) is 30.1 Å². The molecule has 0 aliphatic rings. The van der Waals surface area contributed by atoms with Crippen molar-refractivity contribution in [3.8, 4) is 11.8 Å². The summed E-state index contributed by atoms with van der Waals surface area (Å²) in [7, 11) is 0. The second-order valence-electron chi connectivity index (χ2n) is 3.58. The first-order chi connectivity index (χ1) is 8.69. The molecule has 0 aromatic heterocycles. The fourth-order valence-electron chi connectivity index (χ4n) is 1.36. The third kappa shape index (κ3) is 3.98. The maximum Gasteiger partial charge on any atom is 0.338 e. The minimum atomic E-state index is -0.442. The van der Waals surface area contributed by atoms with E-state index in [9.17, 15) is 4.79 Å². The molecular formula is C13H16N2O3. The molecule has 5 nitrogen and oxygen atoms in total. The number of ether oxygens (including phenoxy) is 2. The molecule has 0 radical (unpaired) electrons. The summed E-state index contributed by atoms with van der Waals surface area (Å²) in [6.45, 7) is 2.61. The van der Waals surface area contributed by atoms with Gasteiger partial charge in [0.15, 0.2) is 0 Å². The van der Waals surface area contributed by atoms with Gasteiger partial charge in [-0.1, -0.05) is 0 Å². The second-order valence-corrected chi connectivity index (χ2v) is 3.58. The van der Waals surface area contributed by atoms with Gasteiger partial charge in [-0.3, -0.25) is 0 Å². The van der Waals surface area contributed by atoms with Crippen LogP contribution in [0.4, 0.5) is 5.69 Å². The number of carbonyl (C=O) groups excluding carboxylic acids is 1. The van der Waals surface area contributed by atoms with Crippen LogP contribution in [0.25, 0.3) is 0 Å². The van der Waals surface area contributed by atoms with E-state index in [4.69, 9.17) is 20.5 Å². The molecule has 0 amide bonds. The number of unbranched alkanes of at least 4 members (excludes halogenated alkanes) is 1. The molecule has 2 N–H and O–H groups in total. The molecule has 0 atom stereocenters. The molecule has 1 rings (SSSR count). The van der Waals surface area contributed by atoms with Crippen LogP contribution in [-0.4, -0.2) is 19.2 Å². The number of nitriles is 1. The Labute approximate surface area is 106 Å². The fourth-order valence-corrected chi connectivity index (χ4v) is 1.36. The highest BCUT2D eigenvalue weighted by molar-refractivity contribution is 5.91. The first kappa shape index (κ1) is 13.8. The van der Waals surface area contributed by atoms with Gasteiger partial charge in [0, 0.05) is 6.42 Å². The first-order valence-electron chi connectivity index (χ1n) is 5.75. The van der Waals surface area contributed by atoms with E-state index in [0.29, 0.717) is 36.4 Å². The summed E-state index contributed by atoms with van der Waals surface area (Å²) in [6, 6.07) is 6.76. The number of nitrogen functional groups attached to an aromatic ring is 1. The first-order valence-corrected chi connectivity index (χ1v) is 5.75. The summed E-state index contributed by atoms with van der Waals surface area (Å²) in [5.74, 6) is 0.112. The van der Waals surface area contributed by atoms with Crippen LogP contribution in [0.5, 0.6) is 5.75 Å². The number of carbonyl (C=O) groups is 1. The SMILES string of the molecule is CCOc1ccc(C(=O)OCCCC#N)cc1N. The number of anilines is 1. The van der Waals surface area contributed by atoms with Crippen LogP contribution >= 0.6 is 0 Å². The van der Waals surface area contributed by atoms with Crippen LogP contribution in [-0.2, 0) is 4.74 Å². The number of nitrogens with two attached hydrogens (primary N) is 1. The summed E-state index contributed by atoms with van der Waals surface area (Å²) in [4.78, 5) is 11.6. The van der Waals surface area contributed by atoms with Crippen LogP contribution in [0.15, 0.2) is 18.2 Å². The topological polar surface area (TPSA) is 85.3 Å². The Morgan fingerprint density at radius 3 is 2.89 bits per heavy atom. The molecule has 1 aromatic rings. The van der Waals surface area contributed by atoms with E-state index in [1.807, 2.05) is 13.0 Å². The van der Waals surface area contributed by atoms with E-state index in [-0.39, 0.29) is 6.61 Å². The van der Waals surface area contributed by atoms with E-state index in [2.05, 4.69) is 0 Å². The van der Waals surface area contributed by atoms with Crippen molar-refractivity contribution >= 4 is 11.7 Å². The standard InChI is InChI=1S/C13H16N2O3/c1-2-17-12-6-5-10(9-11(12)15)13(16)18-8-4-3-7-14/h5-6,9H,2-4,8,15H2,1H3. The minimum Gasteiger partial charge on any atom is -0.492 e. The predicted molar refractivity (Wildman–Crippen MR) is 67.2 cm³/mol. The largest absolute Gasteiger partial charge is 0.492 e. The molecule has 5 heteroatoms. The van der Waals surface area contributed by atoms with E-state index >= 15 is 0 Å². The van der Waals surface area contributed by atoms with Crippen LogP contribution in [0, 0.1) is 11.3 Å². The Bertz CT molecular complexity index is 452. The molecule has 0 aliphatic heterocycles. The van der Waals surface area contributed by atoms with Crippen LogP contribution < -0.4 is 10.5 Å². The van der Waals surface area contributed by atoms with Crippen molar-refractivity contribution in [3.63, 3.8) is 0 Å². The van der Waals surface area contributed by atoms with Gasteiger partial charge in [-0.25, -0.2) is 4.79 Å². The molecule has 96 valence electrons. The number of benzene rings is 1. The van der Waals surface area contributed by atoms with Crippen molar-refractivity contribution in [1.29, 1.82) is 5.26 Å². The van der Waals surface area contributed by atoms with Gasteiger partial charge >= 0.3 is 5.97 Å². The van der Waals surface area contributed by atoms with Crippen molar-refractivity contribution in [2.45, 2.75) is 19.8 Å². The molecule has 1 aromatic carbocycles. The van der Waals surface area contributed by atoms with E-state index in [1.54, 1.807) is 12.1 Å². The number of hydrogen-bond donors (Lipinski definition) is 1. The molecule has 0 aliphatic carbocycles. The minimum absolute atomic E-state index is 0.236. The van der Waals surface area contributed by atoms with Gasteiger partial charge in [0.1, 0.15) is 5.75 Å². The Kier molecular flexibility index (Phi) is 5.52. The van der Waals surface area contributed by atoms with Crippen molar-refractivity contribution in [2.75, 3.05) is 18.9 Å². The smallest absolute Gasteiger partial charge is 0.338 e. The lowest BCUT2D eigenvalue weighted by Gasteiger charge is -2.08. The number of esters is 1. The van der Waals surface area contributed by atoms with E-state index < -0.39 is 5.97 Å². The van der Waals surface area contributed by atoms with Gasteiger partial charge in [-0.2, -0.15) is 5.26 Å². The van der Waals surface area contributed by atoms with Crippen LogP contribution in [0.2, 0.25) is 0 Å². The molecule has 0 unspecified atom stereocenters. The Morgan fingerprint density at radius 2 is 2.28 bits per heavy atom. The molecule has 18 heavy (non-hydrogen) atoms. The summed E-state index contributed by atoms with van der Waals surface area (Å²) in [5.41, 5.74) is 6.53. The van der Waals surface area contributed by atoms with Gasteiger partial charge in [-0.15, -0.1) is 0 Å². The lowest BCUT2D eigenvalue weighted by Crippen LogP contribution is -2.07. The van der Waals surface area contributed by atoms with E-state index in [0.717, 1.165) is 0 Å². The zero-order valence-corrected chi connectivity index (χ0v) is 10.3. The maximum absolute atomic E-state index is 11.6. The zero-order valence-electron chi connectivity index (χ0n) is 10.3. The van der Waals surface area contributed by atoms with Gasteiger partial charge in [0.05, 0.1) is 30.5 Å². The highest BCUT2D eigenvalue weighted by Gasteiger charge is 2.09. The Hall–Kier alpha value is -2.22. The van der Waals surface area contributed by atoms with Crippen molar-refractivity contribution < 1.29 is 14.3 Å². The molecule has 0 fully saturated rings. The number of hydrogen-bond acceptors (Lipinski definition) is 5. The summed E-state index contributed by atoms with van der Waals surface area (Å²) in [5, 5.41) is 8.35. The average Bonchev–Trinajstić information content (AvgIpc) is 2.37.